The van der Waals surface area contributed by atoms with Crippen molar-refractivity contribution in [2.45, 2.75) is 13.8 Å². The molecular weight excluding hydrogens is 124 g/mol. The second-order valence-corrected chi connectivity index (χ2v) is 2.51. The summed E-state index contributed by atoms with van der Waals surface area (Å²) in [7, 11) is 1.89. The molecule has 1 rings (SSSR count). The van der Waals surface area contributed by atoms with E-state index in [2.05, 4.69) is 6.07 Å². The van der Waals surface area contributed by atoms with Crippen LogP contribution in [0.1, 0.15) is 16.8 Å². The zero-order valence-electron chi connectivity index (χ0n) is 6.47. The zero-order chi connectivity index (χ0) is 7.72. The summed E-state index contributed by atoms with van der Waals surface area (Å²) in [6.45, 7) is 3.98. The fourth-order valence-electron chi connectivity index (χ4n) is 1.07. The summed E-state index contributed by atoms with van der Waals surface area (Å²) in [5.41, 5.74) is 3.03. The molecule has 0 atom stereocenters. The number of nitrogens with zero attached hydrogens (tertiary/aromatic N) is 2. The molecule has 0 bridgehead atoms. The Bertz CT molecular complexity index is 289. The Kier molecular flexibility index (Phi) is 1.50. The van der Waals surface area contributed by atoms with Gasteiger partial charge in [0.2, 0.25) is 0 Å². The molecular formula is C8H10N2. The van der Waals surface area contributed by atoms with Crippen molar-refractivity contribution in [2.75, 3.05) is 0 Å². The molecule has 0 aliphatic carbocycles. The fraction of sp³-hybridized carbons (Fsp3) is 0.375. The van der Waals surface area contributed by atoms with Crippen molar-refractivity contribution >= 4 is 0 Å². The van der Waals surface area contributed by atoms with Crippen molar-refractivity contribution in [3.05, 3.63) is 23.0 Å². The summed E-state index contributed by atoms with van der Waals surface area (Å²) in [6, 6.07) is 2.15. The maximum atomic E-state index is 8.64. The highest BCUT2D eigenvalue weighted by molar-refractivity contribution is 5.37. The van der Waals surface area contributed by atoms with E-state index in [1.165, 1.54) is 5.56 Å². The minimum absolute atomic E-state index is 0.762. The molecule has 0 aliphatic rings. The number of nitriles is 1. The first kappa shape index (κ1) is 6.88. The Hall–Kier alpha value is -1.23. The van der Waals surface area contributed by atoms with Crippen molar-refractivity contribution in [3.8, 4) is 6.07 Å². The second-order valence-electron chi connectivity index (χ2n) is 2.51. The van der Waals surface area contributed by atoms with Gasteiger partial charge in [0.25, 0.3) is 0 Å². The van der Waals surface area contributed by atoms with Crippen LogP contribution in [-0.4, -0.2) is 4.57 Å². The molecule has 0 saturated heterocycles. The van der Waals surface area contributed by atoms with Crippen LogP contribution in [0.2, 0.25) is 0 Å². The molecule has 0 radical (unpaired) electrons. The highest BCUT2D eigenvalue weighted by Crippen LogP contribution is 2.12. The summed E-state index contributed by atoms with van der Waals surface area (Å²) >= 11 is 0. The molecule has 1 aromatic heterocycles. The Morgan fingerprint density at radius 1 is 1.50 bits per heavy atom. The molecule has 0 saturated carbocycles. The van der Waals surface area contributed by atoms with Gasteiger partial charge in [-0.15, -0.1) is 0 Å². The molecule has 0 N–H and O–H groups in total. The Morgan fingerprint density at radius 3 is 2.30 bits per heavy atom. The van der Waals surface area contributed by atoms with E-state index in [0.29, 0.717) is 0 Å². The van der Waals surface area contributed by atoms with Crippen LogP contribution in [-0.2, 0) is 7.05 Å². The van der Waals surface area contributed by atoms with Crippen LogP contribution >= 0.6 is 0 Å². The van der Waals surface area contributed by atoms with E-state index in [1.54, 1.807) is 0 Å². The maximum absolute atomic E-state index is 8.64. The smallest absolute Gasteiger partial charge is 0.123 e. The van der Waals surface area contributed by atoms with Crippen molar-refractivity contribution < 1.29 is 0 Å². The van der Waals surface area contributed by atoms with Crippen LogP contribution in [0.4, 0.5) is 0 Å². The van der Waals surface area contributed by atoms with Gasteiger partial charge in [0.05, 0.1) is 0 Å². The molecule has 0 aromatic carbocycles. The van der Waals surface area contributed by atoms with E-state index in [1.807, 2.05) is 31.7 Å². The third-order valence-electron chi connectivity index (χ3n) is 1.79. The van der Waals surface area contributed by atoms with Crippen molar-refractivity contribution in [2.24, 2.45) is 7.05 Å². The van der Waals surface area contributed by atoms with Gasteiger partial charge < -0.3 is 4.57 Å². The first-order valence-corrected chi connectivity index (χ1v) is 3.19. The topological polar surface area (TPSA) is 28.7 Å². The molecule has 52 valence electrons. The standard InChI is InChI=1S/C8H10N2/c1-6-5-10(3)8(4-9)7(6)2/h5H,1-3H3. The fourth-order valence-corrected chi connectivity index (χ4v) is 1.07. The van der Waals surface area contributed by atoms with Crippen LogP contribution in [0.5, 0.6) is 0 Å². The SMILES string of the molecule is Cc1cn(C)c(C#N)c1C. The molecule has 0 aliphatic heterocycles. The number of rotatable bonds is 0. The number of aryl methyl sites for hydroxylation is 2. The average molecular weight is 134 g/mol. The lowest BCUT2D eigenvalue weighted by atomic mass is 10.2. The van der Waals surface area contributed by atoms with E-state index < -0.39 is 0 Å². The molecule has 0 unspecified atom stereocenters. The quantitative estimate of drug-likeness (QED) is 0.528. The molecule has 1 aromatic rings. The molecule has 2 nitrogen and oxygen atoms in total. The Balaban J connectivity index is 3.37. The van der Waals surface area contributed by atoms with E-state index in [-0.39, 0.29) is 0 Å². The lowest BCUT2D eigenvalue weighted by Crippen LogP contribution is -1.89. The predicted octanol–water partition coefficient (Wildman–Crippen LogP) is 1.51. The molecule has 2 heteroatoms. The molecule has 0 fully saturated rings. The van der Waals surface area contributed by atoms with Crippen LogP contribution in [0.3, 0.4) is 0 Å². The van der Waals surface area contributed by atoms with Crippen molar-refractivity contribution in [1.29, 1.82) is 5.26 Å². The van der Waals surface area contributed by atoms with Gasteiger partial charge in [-0.2, -0.15) is 5.26 Å². The molecule has 0 spiro atoms. The number of aromatic nitrogens is 1. The normalized spacial score (nSPS) is 9.40. The number of hydrogen-bond donors (Lipinski definition) is 0. The van der Waals surface area contributed by atoms with Crippen LogP contribution in [0.25, 0.3) is 0 Å². The van der Waals surface area contributed by atoms with E-state index in [0.717, 1.165) is 11.3 Å². The highest BCUT2D eigenvalue weighted by Gasteiger charge is 2.04. The first-order valence-electron chi connectivity index (χ1n) is 3.19. The highest BCUT2D eigenvalue weighted by atomic mass is 14.9. The molecule has 10 heavy (non-hydrogen) atoms. The first-order chi connectivity index (χ1) is 4.66. The summed E-state index contributed by atoms with van der Waals surface area (Å²) < 4.78 is 1.85. The molecule has 1 heterocycles. The van der Waals surface area contributed by atoms with Gasteiger partial charge in [-0.25, -0.2) is 0 Å². The van der Waals surface area contributed by atoms with Crippen LogP contribution in [0.15, 0.2) is 6.20 Å². The van der Waals surface area contributed by atoms with E-state index in [9.17, 15) is 0 Å². The van der Waals surface area contributed by atoms with Gasteiger partial charge in [0, 0.05) is 13.2 Å². The predicted molar refractivity (Wildman–Crippen MR) is 39.6 cm³/mol. The van der Waals surface area contributed by atoms with Crippen molar-refractivity contribution in [1.82, 2.24) is 4.57 Å². The average Bonchev–Trinajstić information content (AvgIpc) is 2.09. The molecule has 0 amide bonds. The van der Waals surface area contributed by atoms with Gasteiger partial charge >= 0.3 is 0 Å². The minimum Gasteiger partial charge on any atom is -0.342 e. The van der Waals surface area contributed by atoms with Gasteiger partial charge in [-0.3, -0.25) is 0 Å². The van der Waals surface area contributed by atoms with Gasteiger partial charge in [0.15, 0.2) is 0 Å². The zero-order valence-corrected chi connectivity index (χ0v) is 6.47. The number of hydrogen-bond acceptors (Lipinski definition) is 1. The third kappa shape index (κ3) is 0.801. The monoisotopic (exact) mass is 134 g/mol. The summed E-state index contributed by atoms with van der Waals surface area (Å²) in [6.07, 6.45) is 1.97. The summed E-state index contributed by atoms with van der Waals surface area (Å²) in [5, 5.41) is 8.64. The van der Waals surface area contributed by atoms with Gasteiger partial charge in [0.1, 0.15) is 11.8 Å². The van der Waals surface area contributed by atoms with Gasteiger partial charge in [-0.05, 0) is 25.0 Å². The van der Waals surface area contributed by atoms with Gasteiger partial charge in [-0.1, -0.05) is 0 Å². The van der Waals surface area contributed by atoms with E-state index in [4.69, 9.17) is 5.26 Å². The van der Waals surface area contributed by atoms with Crippen molar-refractivity contribution in [3.63, 3.8) is 0 Å². The van der Waals surface area contributed by atoms with E-state index >= 15 is 0 Å². The third-order valence-corrected chi connectivity index (χ3v) is 1.79. The lowest BCUT2D eigenvalue weighted by molar-refractivity contribution is 0.902. The maximum Gasteiger partial charge on any atom is 0.123 e. The largest absolute Gasteiger partial charge is 0.342 e. The van der Waals surface area contributed by atoms with Crippen LogP contribution in [0, 0.1) is 25.2 Å². The minimum atomic E-state index is 0.762. The lowest BCUT2D eigenvalue weighted by Gasteiger charge is -1.90. The Morgan fingerprint density at radius 2 is 2.10 bits per heavy atom. The Labute approximate surface area is 60.7 Å². The second kappa shape index (κ2) is 2.18. The summed E-state index contributed by atoms with van der Waals surface area (Å²) in [4.78, 5) is 0. The summed E-state index contributed by atoms with van der Waals surface area (Å²) in [5.74, 6) is 0. The van der Waals surface area contributed by atoms with Crippen LogP contribution < -0.4 is 0 Å².